The Bertz CT molecular complexity index is 677. The molecule has 0 unspecified atom stereocenters. The molecule has 2 saturated carbocycles. The van der Waals surface area contributed by atoms with Crippen molar-refractivity contribution >= 4 is 11.8 Å². The van der Waals surface area contributed by atoms with Crippen LogP contribution in [-0.4, -0.2) is 53.5 Å². The number of carbonyl (C=O) groups excluding carboxylic acids is 2. The van der Waals surface area contributed by atoms with Crippen LogP contribution in [0.15, 0.2) is 24.4 Å². The van der Waals surface area contributed by atoms with Crippen molar-refractivity contribution in [3.05, 3.63) is 30.1 Å². The van der Waals surface area contributed by atoms with Gasteiger partial charge >= 0.3 is 0 Å². The van der Waals surface area contributed by atoms with E-state index in [0.717, 1.165) is 38.2 Å². The van der Waals surface area contributed by atoms with Gasteiger partial charge in [0.2, 0.25) is 11.8 Å². The van der Waals surface area contributed by atoms with Gasteiger partial charge in [-0.25, -0.2) is 0 Å². The number of carbonyl (C=O) groups is 2. The highest BCUT2D eigenvalue weighted by Gasteiger charge is 2.44. The zero-order valence-electron chi connectivity index (χ0n) is 16.0. The quantitative estimate of drug-likeness (QED) is 0.828. The van der Waals surface area contributed by atoms with E-state index in [1.807, 2.05) is 23.1 Å². The van der Waals surface area contributed by atoms with Gasteiger partial charge in [-0.05, 0) is 55.6 Å². The predicted molar refractivity (Wildman–Crippen MR) is 101 cm³/mol. The first kappa shape index (κ1) is 18.4. The highest BCUT2D eigenvalue weighted by Crippen LogP contribution is 2.39. The smallest absolute Gasteiger partial charge is 0.228 e. The van der Waals surface area contributed by atoms with Crippen molar-refractivity contribution in [3.63, 3.8) is 0 Å². The van der Waals surface area contributed by atoms with E-state index in [2.05, 4.69) is 10.3 Å². The van der Waals surface area contributed by atoms with E-state index in [-0.39, 0.29) is 24.0 Å². The maximum absolute atomic E-state index is 12.7. The molecule has 1 aromatic rings. The number of nitrogens with one attached hydrogen (secondary N) is 1. The fourth-order valence-corrected chi connectivity index (χ4v) is 4.53. The van der Waals surface area contributed by atoms with Crippen molar-refractivity contribution < 1.29 is 14.3 Å². The van der Waals surface area contributed by atoms with E-state index in [4.69, 9.17) is 4.74 Å². The zero-order chi connectivity index (χ0) is 18.8. The van der Waals surface area contributed by atoms with Gasteiger partial charge < -0.3 is 15.0 Å². The average molecular weight is 371 g/mol. The lowest BCUT2D eigenvalue weighted by molar-refractivity contribution is -0.129. The number of hydrogen-bond donors (Lipinski definition) is 1. The summed E-state index contributed by atoms with van der Waals surface area (Å²) in [7, 11) is 0. The van der Waals surface area contributed by atoms with Crippen LogP contribution in [0.25, 0.3) is 0 Å². The zero-order valence-corrected chi connectivity index (χ0v) is 16.0. The van der Waals surface area contributed by atoms with Crippen LogP contribution in [0.1, 0.15) is 38.3 Å². The van der Waals surface area contributed by atoms with Crippen molar-refractivity contribution in [1.29, 1.82) is 0 Å². The number of aromatic nitrogens is 1. The van der Waals surface area contributed by atoms with E-state index in [1.165, 1.54) is 12.8 Å². The number of rotatable bonds is 6. The van der Waals surface area contributed by atoms with Crippen molar-refractivity contribution in [2.45, 2.75) is 51.2 Å². The van der Waals surface area contributed by atoms with Gasteiger partial charge in [-0.3, -0.25) is 14.6 Å². The third-order valence-electron chi connectivity index (χ3n) is 6.16. The van der Waals surface area contributed by atoms with Gasteiger partial charge in [-0.2, -0.15) is 0 Å². The molecule has 0 radical (unpaired) electrons. The SMILES string of the molecule is CC(=O)N[C@@H]1C[C@@H]2CN(C(=O)Cc3ccccn3)C[C@@H]2C[C@H]1OCC1CC1. The summed E-state index contributed by atoms with van der Waals surface area (Å²) in [6.45, 7) is 3.95. The molecule has 0 aromatic carbocycles. The predicted octanol–water partition coefficient (Wildman–Crippen LogP) is 1.79. The third kappa shape index (κ3) is 4.67. The van der Waals surface area contributed by atoms with Crippen LogP contribution in [0, 0.1) is 17.8 Å². The Hall–Kier alpha value is -1.95. The second-order valence-electron chi connectivity index (χ2n) is 8.41. The summed E-state index contributed by atoms with van der Waals surface area (Å²) in [6.07, 6.45) is 6.51. The molecule has 3 fully saturated rings. The maximum Gasteiger partial charge on any atom is 0.228 e. The summed E-state index contributed by atoms with van der Waals surface area (Å²) in [5, 5.41) is 3.10. The number of hydrogen-bond acceptors (Lipinski definition) is 4. The summed E-state index contributed by atoms with van der Waals surface area (Å²) in [5.41, 5.74) is 0.819. The Balaban J connectivity index is 1.37. The average Bonchev–Trinajstić information content (AvgIpc) is 3.38. The van der Waals surface area contributed by atoms with Crippen molar-refractivity contribution in [2.24, 2.45) is 17.8 Å². The molecule has 146 valence electrons. The molecule has 0 spiro atoms. The van der Waals surface area contributed by atoms with Gasteiger partial charge in [0.15, 0.2) is 0 Å². The van der Waals surface area contributed by atoms with Gasteiger partial charge in [0.25, 0.3) is 0 Å². The second-order valence-corrected chi connectivity index (χ2v) is 8.41. The lowest BCUT2D eigenvalue weighted by Crippen LogP contribution is -2.50. The monoisotopic (exact) mass is 371 g/mol. The fraction of sp³-hybridized carbons (Fsp3) is 0.667. The number of ether oxygens (including phenoxy) is 1. The number of pyridine rings is 1. The largest absolute Gasteiger partial charge is 0.376 e. The Kier molecular flexibility index (Phi) is 5.43. The molecule has 2 amide bonds. The molecule has 1 aromatic heterocycles. The Morgan fingerprint density at radius 3 is 2.67 bits per heavy atom. The lowest BCUT2D eigenvalue weighted by atomic mass is 9.77. The van der Waals surface area contributed by atoms with Crippen LogP contribution >= 0.6 is 0 Å². The Morgan fingerprint density at radius 1 is 1.22 bits per heavy atom. The fourth-order valence-electron chi connectivity index (χ4n) is 4.53. The first-order valence-electron chi connectivity index (χ1n) is 10.1. The van der Waals surface area contributed by atoms with E-state index < -0.39 is 0 Å². The van der Waals surface area contributed by atoms with Crippen molar-refractivity contribution in [3.8, 4) is 0 Å². The molecule has 1 saturated heterocycles. The third-order valence-corrected chi connectivity index (χ3v) is 6.16. The van der Waals surface area contributed by atoms with E-state index >= 15 is 0 Å². The molecule has 4 atom stereocenters. The minimum absolute atomic E-state index is 0.000414. The lowest BCUT2D eigenvalue weighted by Gasteiger charge is -2.38. The highest BCUT2D eigenvalue weighted by molar-refractivity contribution is 5.78. The number of fused-ring (bicyclic) bond motifs is 1. The molecule has 2 aliphatic carbocycles. The minimum atomic E-state index is -0.000414. The van der Waals surface area contributed by atoms with E-state index in [1.54, 1.807) is 13.1 Å². The van der Waals surface area contributed by atoms with Crippen LogP contribution in [0.3, 0.4) is 0 Å². The van der Waals surface area contributed by atoms with Crippen LogP contribution in [-0.2, 0) is 20.7 Å². The first-order chi connectivity index (χ1) is 13.1. The summed E-state index contributed by atoms with van der Waals surface area (Å²) >= 11 is 0. The normalized spacial score (nSPS) is 30.0. The number of likely N-dealkylation sites (tertiary alicyclic amines) is 1. The van der Waals surface area contributed by atoms with E-state index in [0.29, 0.717) is 24.2 Å². The van der Waals surface area contributed by atoms with E-state index in [9.17, 15) is 9.59 Å². The summed E-state index contributed by atoms with van der Waals surface area (Å²) in [5.74, 6) is 1.76. The Labute approximate surface area is 160 Å². The molecular weight excluding hydrogens is 342 g/mol. The van der Waals surface area contributed by atoms with Crippen molar-refractivity contribution in [2.75, 3.05) is 19.7 Å². The highest BCUT2D eigenvalue weighted by atomic mass is 16.5. The maximum atomic E-state index is 12.7. The molecule has 6 heteroatoms. The molecule has 1 N–H and O–H groups in total. The number of amides is 2. The summed E-state index contributed by atoms with van der Waals surface area (Å²) in [6, 6.07) is 5.74. The molecule has 27 heavy (non-hydrogen) atoms. The standard InChI is InChI=1S/C21H29N3O3/c1-14(25)23-19-8-16-11-24(21(26)10-18-4-2-3-7-22-18)12-17(16)9-20(19)27-13-15-5-6-15/h2-4,7,15-17,19-20H,5-6,8-13H2,1H3,(H,23,25)/t16-,17+,19-,20-/m1/s1. The van der Waals surface area contributed by atoms with Gasteiger partial charge in [0.1, 0.15) is 0 Å². The molecule has 1 aliphatic heterocycles. The molecular formula is C21H29N3O3. The van der Waals surface area contributed by atoms with Crippen LogP contribution in [0.4, 0.5) is 0 Å². The minimum Gasteiger partial charge on any atom is -0.376 e. The molecule has 6 nitrogen and oxygen atoms in total. The van der Waals surface area contributed by atoms with Gasteiger partial charge in [0.05, 0.1) is 18.6 Å². The van der Waals surface area contributed by atoms with Gasteiger partial charge in [-0.15, -0.1) is 0 Å². The summed E-state index contributed by atoms with van der Waals surface area (Å²) in [4.78, 5) is 30.6. The van der Waals surface area contributed by atoms with Gasteiger partial charge in [0, 0.05) is 38.5 Å². The topological polar surface area (TPSA) is 71.5 Å². The molecule has 2 heterocycles. The number of nitrogens with zero attached hydrogens (tertiary/aromatic N) is 2. The molecule has 3 aliphatic rings. The summed E-state index contributed by atoms with van der Waals surface area (Å²) < 4.78 is 6.19. The Morgan fingerprint density at radius 2 is 2.00 bits per heavy atom. The van der Waals surface area contributed by atoms with Gasteiger partial charge in [-0.1, -0.05) is 6.07 Å². The second kappa shape index (κ2) is 7.97. The van der Waals surface area contributed by atoms with Crippen molar-refractivity contribution in [1.82, 2.24) is 15.2 Å². The van der Waals surface area contributed by atoms with Crippen LogP contribution in [0.5, 0.6) is 0 Å². The van der Waals surface area contributed by atoms with Crippen LogP contribution in [0.2, 0.25) is 0 Å². The molecule has 4 rings (SSSR count). The first-order valence-corrected chi connectivity index (χ1v) is 10.1. The van der Waals surface area contributed by atoms with Crippen LogP contribution < -0.4 is 5.32 Å². The molecule has 0 bridgehead atoms.